The van der Waals surface area contributed by atoms with Crippen LogP contribution in [0.15, 0.2) is 17.1 Å². The molecule has 19 heavy (non-hydrogen) atoms. The summed E-state index contributed by atoms with van der Waals surface area (Å²) in [5.74, 6) is 0. The molecule has 0 radical (unpaired) electrons. The van der Waals surface area contributed by atoms with Crippen LogP contribution in [0.1, 0.15) is 37.8 Å². The second kappa shape index (κ2) is 5.30. The molecule has 3 rings (SSSR count). The summed E-state index contributed by atoms with van der Waals surface area (Å²) in [5, 5.41) is 2.70. The molecule has 0 saturated heterocycles. The van der Waals surface area contributed by atoms with Gasteiger partial charge in [0, 0.05) is 29.2 Å². The smallest absolute Gasteiger partial charge is 0.0347 e. The first kappa shape index (κ1) is 12.6. The standard InChI is InChI=1S/C17H22N2/c1-3-5-19(6-4-2)17-9-13-7-15-11-18-12-16(15)8-14(13)10-17/h7-9,11-12,17H,3-6,10H2,1-2H3. The Morgan fingerprint density at radius 3 is 2.68 bits per heavy atom. The van der Waals surface area contributed by atoms with Gasteiger partial charge in [0.05, 0.1) is 0 Å². The highest BCUT2D eigenvalue weighted by molar-refractivity contribution is 5.85. The molecule has 1 unspecified atom stereocenters. The fraction of sp³-hybridized carbons (Fsp3) is 0.471. The van der Waals surface area contributed by atoms with E-state index in [4.69, 9.17) is 0 Å². The maximum Gasteiger partial charge on any atom is 0.0347 e. The number of hydrogen-bond donors (Lipinski definition) is 0. The van der Waals surface area contributed by atoms with Crippen molar-refractivity contribution in [3.05, 3.63) is 33.7 Å². The van der Waals surface area contributed by atoms with E-state index in [0.717, 1.165) is 6.42 Å². The predicted octanol–water partition coefficient (Wildman–Crippen LogP) is 1.68. The topological polar surface area (TPSA) is 15.6 Å². The van der Waals surface area contributed by atoms with Gasteiger partial charge in [-0.3, -0.25) is 9.89 Å². The van der Waals surface area contributed by atoms with Crippen molar-refractivity contribution in [1.82, 2.24) is 4.90 Å². The van der Waals surface area contributed by atoms with E-state index in [0.29, 0.717) is 6.04 Å². The third-order valence-corrected chi connectivity index (χ3v) is 4.06. The average Bonchev–Trinajstić information content (AvgIpc) is 3.00. The number of hydrogen-bond acceptors (Lipinski definition) is 2. The van der Waals surface area contributed by atoms with Crippen molar-refractivity contribution in [2.45, 2.75) is 39.2 Å². The van der Waals surface area contributed by atoms with Crippen molar-refractivity contribution >= 4 is 18.5 Å². The number of nitrogens with zero attached hydrogens (tertiary/aromatic N) is 2. The van der Waals surface area contributed by atoms with Crippen molar-refractivity contribution in [2.24, 2.45) is 4.99 Å². The first-order chi connectivity index (χ1) is 9.31. The SMILES string of the molecule is CCCN(CCC)C1C=c2cc3c(cc2C1)=CN=C3. The second-order valence-electron chi connectivity index (χ2n) is 5.56. The summed E-state index contributed by atoms with van der Waals surface area (Å²) in [6.07, 6.45) is 10.0. The summed E-state index contributed by atoms with van der Waals surface area (Å²) in [4.78, 5) is 6.86. The minimum atomic E-state index is 0.592. The molecule has 1 aromatic rings. The Morgan fingerprint density at radius 1 is 1.16 bits per heavy atom. The molecule has 1 atom stereocenters. The second-order valence-corrected chi connectivity index (χ2v) is 5.56. The first-order valence-corrected chi connectivity index (χ1v) is 7.44. The zero-order chi connectivity index (χ0) is 13.2. The predicted molar refractivity (Wildman–Crippen MR) is 81.9 cm³/mol. The molecule has 0 aromatic heterocycles. The molecule has 1 aliphatic carbocycles. The van der Waals surface area contributed by atoms with E-state index in [9.17, 15) is 0 Å². The Labute approximate surface area is 115 Å². The van der Waals surface area contributed by atoms with E-state index < -0.39 is 0 Å². The van der Waals surface area contributed by atoms with Gasteiger partial charge in [0.2, 0.25) is 0 Å². The quantitative estimate of drug-likeness (QED) is 0.780. The zero-order valence-corrected chi connectivity index (χ0v) is 11.9. The monoisotopic (exact) mass is 254 g/mol. The highest BCUT2D eigenvalue weighted by Crippen LogP contribution is 2.14. The van der Waals surface area contributed by atoms with E-state index >= 15 is 0 Å². The molecule has 1 aromatic carbocycles. The molecule has 0 saturated carbocycles. The molecule has 2 heteroatoms. The molecule has 0 fully saturated rings. The Morgan fingerprint density at radius 2 is 1.95 bits per heavy atom. The lowest BCUT2D eigenvalue weighted by Crippen LogP contribution is -2.35. The van der Waals surface area contributed by atoms with Crippen LogP contribution in [-0.2, 0) is 6.42 Å². The van der Waals surface area contributed by atoms with Gasteiger partial charge in [0.1, 0.15) is 0 Å². The molecule has 100 valence electrons. The summed E-state index contributed by atoms with van der Waals surface area (Å²) in [5.41, 5.74) is 2.76. The van der Waals surface area contributed by atoms with Crippen LogP contribution in [0.2, 0.25) is 0 Å². The Bertz CT molecular complexity index is 607. The van der Waals surface area contributed by atoms with Crippen molar-refractivity contribution in [3.63, 3.8) is 0 Å². The van der Waals surface area contributed by atoms with Crippen molar-refractivity contribution < 1.29 is 0 Å². The van der Waals surface area contributed by atoms with Crippen LogP contribution in [0.5, 0.6) is 0 Å². The average molecular weight is 254 g/mol. The van der Waals surface area contributed by atoms with Crippen LogP contribution in [0.4, 0.5) is 0 Å². The molecule has 0 N–H and O–H groups in total. The summed E-state index contributed by atoms with van der Waals surface area (Å²) < 4.78 is 0. The van der Waals surface area contributed by atoms with Gasteiger partial charge in [-0.25, -0.2) is 0 Å². The number of benzene rings is 1. The lowest BCUT2D eigenvalue weighted by molar-refractivity contribution is 0.241. The molecule has 0 amide bonds. The molecule has 1 aliphatic heterocycles. The van der Waals surface area contributed by atoms with Crippen molar-refractivity contribution in [1.29, 1.82) is 0 Å². The van der Waals surface area contributed by atoms with Gasteiger partial charge in [0.15, 0.2) is 0 Å². The van der Waals surface area contributed by atoms with Gasteiger partial charge in [-0.05, 0) is 55.3 Å². The molecule has 2 nitrogen and oxygen atoms in total. The highest BCUT2D eigenvalue weighted by atomic mass is 15.1. The van der Waals surface area contributed by atoms with Gasteiger partial charge in [-0.1, -0.05) is 19.9 Å². The summed E-state index contributed by atoms with van der Waals surface area (Å²) >= 11 is 0. The van der Waals surface area contributed by atoms with Gasteiger partial charge in [-0.15, -0.1) is 0 Å². The van der Waals surface area contributed by atoms with E-state index in [2.05, 4.69) is 41.9 Å². The van der Waals surface area contributed by atoms with Crippen LogP contribution in [-0.4, -0.2) is 30.2 Å². The van der Waals surface area contributed by atoms with Gasteiger partial charge in [0.25, 0.3) is 0 Å². The number of rotatable bonds is 5. The Kier molecular flexibility index (Phi) is 3.52. The third kappa shape index (κ3) is 2.37. The van der Waals surface area contributed by atoms with E-state index in [1.807, 2.05) is 12.4 Å². The van der Waals surface area contributed by atoms with E-state index in [1.165, 1.54) is 47.5 Å². The summed E-state index contributed by atoms with van der Waals surface area (Å²) in [7, 11) is 0. The molecular formula is C17H22N2. The van der Waals surface area contributed by atoms with Crippen LogP contribution in [0.3, 0.4) is 0 Å². The number of fused-ring (bicyclic) bond motifs is 2. The normalized spacial score (nSPS) is 19.2. The summed E-state index contributed by atoms with van der Waals surface area (Å²) in [6.45, 7) is 6.95. The van der Waals surface area contributed by atoms with Crippen molar-refractivity contribution in [2.75, 3.05) is 13.1 Å². The lowest BCUT2D eigenvalue weighted by atomic mass is 10.1. The molecule has 1 heterocycles. The Hall–Kier alpha value is -1.41. The van der Waals surface area contributed by atoms with Gasteiger partial charge >= 0.3 is 0 Å². The molecule has 0 bridgehead atoms. The van der Waals surface area contributed by atoms with Crippen LogP contribution < -0.4 is 10.4 Å². The van der Waals surface area contributed by atoms with Crippen LogP contribution >= 0.6 is 0 Å². The fourth-order valence-corrected chi connectivity index (χ4v) is 3.20. The highest BCUT2D eigenvalue weighted by Gasteiger charge is 2.21. The molecule has 2 aliphatic rings. The van der Waals surface area contributed by atoms with Crippen molar-refractivity contribution in [3.8, 4) is 0 Å². The van der Waals surface area contributed by atoms with Gasteiger partial charge in [-0.2, -0.15) is 0 Å². The third-order valence-electron chi connectivity index (χ3n) is 4.06. The largest absolute Gasteiger partial charge is 0.297 e. The number of aliphatic imine (C=N–C) groups is 1. The van der Waals surface area contributed by atoms with Gasteiger partial charge < -0.3 is 0 Å². The Balaban J connectivity index is 1.88. The maximum absolute atomic E-state index is 4.23. The van der Waals surface area contributed by atoms with E-state index in [-0.39, 0.29) is 0 Å². The fourth-order valence-electron chi connectivity index (χ4n) is 3.20. The first-order valence-electron chi connectivity index (χ1n) is 7.44. The van der Waals surface area contributed by atoms with E-state index in [1.54, 1.807) is 0 Å². The lowest BCUT2D eigenvalue weighted by Gasteiger charge is -2.26. The minimum absolute atomic E-state index is 0.592. The zero-order valence-electron chi connectivity index (χ0n) is 11.9. The molecular weight excluding hydrogens is 232 g/mol. The maximum atomic E-state index is 4.23. The van der Waals surface area contributed by atoms with Crippen LogP contribution in [0, 0.1) is 0 Å². The minimum Gasteiger partial charge on any atom is -0.297 e. The summed E-state index contributed by atoms with van der Waals surface area (Å²) in [6, 6.07) is 5.21. The molecule has 0 spiro atoms. The van der Waals surface area contributed by atoms with Crippen LogP contribution in [0.25, 0.3) is 12.3 Å².